The van der Waals surface area contributed by atoms with Crippen LogP contribution < -0.4 is 0 Å². The summed E-state index contributed by atoms with van der Waals surface area (Å²) in [6.45, 7) is 16.3. The van der Waals surface area contributed by atoms with Gasteiger partial charge in [-0.2, -0.15) is 13.2 Å². The first-order valence-corrected chi connectivity index (χ1v) is 14.5. The van der Waals surface area contributed by atoms with Gasteiger partial charge >= 0.3 is 12.3 Å². The lowest BCUT2D eigenvalue weighted by Crippen LogP contribution is -2.54. The van der Waals surface area contributed by atoms with Crippen LogP contribution in [-0.2, 0) is 15.3 Å². The van der Waals surface area contributed by atoms with Crippen LogP contribution in [0.1, 0.15) is 77.8 Å². The molecule has 0 heterocycles. The number of alkyl halides is 3. The third kappa shape index (κ3) is 7.22. The number of nitrogens with zero attached hydrogens (tertiary/aromatic N) is 1. The first kappa shape index (κ1) is 27.7. The molecule has 4 nitrogen and oxygen atoms in total. The number of rotatable bonds is 4. The molecule has 0 aromatic heterocycles. The van der Waals surface area contributed by atoms with E-state index in [4.69, 9.17) is 9.16 Å². The second kappa shape index (κ2) is 9.60. The standard InChI is InChI=1S/C25H40F3NO3Si/c1-23(2,3)31-22(30)29(7)20-16-18(17-11-10-12-19(15-17)25(26,27)28)13-14-21(20)32-33(8,9)24(4,5)6/h10-12,15,18,20-21H,13-14,16H2,1-9H3/t18-,20-,21-/m0/s1. The van der Waals surface area contributed by atoms with E-state index in [-0.39, 0.29) is 23.1 Å². The summed E-state index contributed by atoms with van der Waals surface area (Å²) in [6, 6.07) is 5.26. The van der Waals surface area contributed by atoms with E-state index in [9.17, 15) is 18.0 Å². The van der Waals surface area contributed by atoms with Gasteiger partial charge in [0.25, 0.3) is 0 Å². The summed E-state index contributed by atoms with van der Waals surface area (Å²) in [4.78, 5) is 14.5. The van der Waals surface area contributed by atoms with Crippen molar-refractivity contribution in [3.8, 4) is 0 Å². The van der Waals surface area contributed by atoms with Crippen molar-refractivity contribution < 1.29 is 27.1 Å². The molecular formula is C25H40F3NO3Si. The monoisotopic (exact) mass is 487 g/mol. The van der Waals surface area contributed by atoms with Crippen LogP contribution >= 0.6 is 0 Å². The van der Waals surface area contributed by atoms with Gasteiger partial charge in [0.1, 0.15) is 5.60 Å². The van der Waals surface area contributed by atoms with Gasteiger partial charge in [0, 0.05) is 7.05 Å². The van der Waals surface area contributed by atoms with E-state index in [2.05, 4.69) is 33.9 Å². The maximum absolute atomic E-state index is 13.3. The minimum atomic E-state index is -4.38. The molecule has 2 rings (SSSR count). The predicted octanol–water partition coefficient (Wildman–Crippen LogP) is 7.60. The fourth-order valence-corrected chi connectivity index (χ4v) is 5.35. The third-order valence-corrected chi connectivity index (χ3v) is 11.4. The van der Waals surface area contributed by atoms with Crippen molar-refractivity contribution in [2.24, 2.45) is 0 Å². The smallest absolute Gasteiger partial charge is 0.416 e. The second-order valence-corrected chi connectivity index (χ2v) is 16.5. The first-order chi connectivity index (χ1) is 14.8. The van der Waals surface area contributed by atoms with Crippen LogP contribution in [0.2, 0.25) is 18.1 Å². The zero-order valence-corrected chi connectivity index (χ0v) is 22.5. The van der Waals surface area contributed by atoms with Crippen molar-refractivity contribution in [3.63, 3.8) is 0 Å². The number of hydrogen-bond acceptors (Lipinski definition) is 3. The van der Waals surface area contributed by atoms with Crippen molar-refractivity contribution in [1.29, 1.82) is 0 Å². The maximum atomic E-state index is 13.3. The Labute approximate surface area is 198 Å². The quantitative estimate of drug-likeness (QED) is 0.411. The van der Waals surface area contributed by atoms with Gasteiger partial charge in [-0.1, -0.05) is 39.0 Å². The Morgan fingerprint density at radius 3 is 2.18 bits per heavy atom. The highest BCUT2D eigenvalue weighted by Crippen LogP contribution is 2.43. The summed E-state index contributed by atoms with van der Waals surface area (Å²) < 4.78 is 52.2. The van der Waals surface area contributed by atoms with Crippen LogP contribution in [0, 0.1) is 0 Å². The lowest BCUT2D eigenvalue weighted by atomic mass is 9.79. The number of benzene rings is 1. The molecule has 1 fully saturated rings. The number of hydrogen-bond donors (Lipinski definition) is 0. The molecule has 1 saturated carbocycles. The van der Waals surface area contributed by atoms with Crippen LogP contribution in [0.25, 0.3) is 0 Å². The summed E-state index contributed by atoms with van der Waals surface area (Å²) in [5.74, 6) is -0.0959. The molecule has 1 aromatic carbocycles. The van der Waals surface area contributed by atoms with Gasteiger partial charge in [-0.3, -0.25) is 0 Å². The molecule has 1 aliphatic rings. The molecule has 0 bridgehead atoms. The Morgan fingerprint density at radius 2 is 1.67 bits per heavy atom. The molecule has 1 aromatic rings. The van der Waals surface area contributed by atoms with Gasteiger partial charge in [0.05, 0.1) is 17.7 Å². The van der Waals surface area contributed by atoms with Crippen LogP contribution in [-0.4, -0.2) is 44.1 Å². The maximum Gasteiger partial charge on any atom is 0.416 e. The van der Waals surface area contributed by atoms with Gasteiger partial charge in [0.2, 0.25) is 0 Å². The molecule has 0 saturated heterocycles. The SMILES string of the molecule is CN(C(=O)OC(C)(C)C)[C@H]1C[C@@H](c2cccc(C(F)(F)F)c2)CC[C@@H]1O[Si](C)(C)C(C)(C)C. The normalized spacial score (nSPS) is 22.7. The Bertz CT molecular complexity index is 827. The average molecular weight is 488 g/mol. The van der Waals surface area contributed by atoms with E-state index in [0.717, 1.165) is 6.07 Å². The van der Waals surface area contributed by atoms with Crippen LogP contribution in [0.4, 0.5) is 18.0 Å². The number of carbonyl (C=O) groups excluding carboxylic acids is 1. The van der Waals surface area contributed by atoms with E-state index in [1.54, 1.807) is 18.0 Å². The van der Waals surface area contributed by atoms with E-state index >= 15 is 0 Å². The molecule has 0 unspecified atom stereocenters. The predicted molar refractivity (Wildman–Crippen MR) is 128 cm³/mol. The van der Waals surface area contributed by atoms with E-state index in [1.165, 1.54) is 12.1 Å². The van der Waals surface area contributed by atoms with Gasteiger partial charge in [-0.25, -0.2) is 4.79 Å². The minimum Gasteiger partial charge on any atom is -0.444 e. The summed E-state index contributed by atoms with van der Waals surface area (Å²) >= 11 is 0. The highest BCUT2D eigenvalue weighted by Gasteiger charge is 2.45. The summed E-state index contributed by atoms with van der Waals surface area (Å²) in [6.07, 6.45) is -3.11. The summed E-state index contributed by atoms with van der Waals surface area (Å²) in [5, 5.41) is -0.0000708. The third-order valence-electron chi connectivity index (χ3n) is 6.87. The fraction of sp³-hybridized carbons (Fsp3) is 0.720. The largest absolute Gasteiger partial charge is 0.444 e. The Kier molecular flexibility index (Phi) is 8.06. The lowest BCUT2D eigenvalue weighted by molar-refractivity contribution is -0.137. The Hall–Kier alpha value is -1.54. The Morgan fingerprint density at radius 1 is 1.06 bits per heavy atom. The van der Waals surface area contributed by atoms with Gasteiger partial charge in [-0.15, -0.1) is 0 Å². The van der Waals surface area contributed by atoms with Crippen molar-refractivity contribution in [2.75, 3.05) is 7.05 Å². The summed E-state index contributed by atoms with van der Waals surface area (Å²) in [7, 11) is -0.421. The number of carbonyl (C=O) groups is 1. The van der Waals surface area contributed by atoms with Gasteiger partial charge < -0.3 is 14.1 Å². The Balaban J connectivity index is 2.34. The highest BCUT2D eigenvalue weighted by atomic mass is 28.4. The molecule has 188 valence electrons. The van der Waals surface area contributed by atoms with Crippen LogP contribution in [0.5, 0.6) is 0 Å². The van der Waals surface area contributed by atoms with Crippen molar-refractivity contribution >= 4 is 14.4 Å². The number of ether oxygens (including phenoxy) is 1. The molecule has 1 aliphatic carbocycles. The zero-order valence-electron chi connectivity index (χ0n) is 21.5. The molecule has 33 heavy (non-hydrogen) atoms. The zero-order chi connectivity index (χ0) is 25.4. The van der Waals surface area contributed by atoms with E-state index in [0.29, 0.717) is 24.8 Å². The fourth-order valence-electron chi connectivity index (χ4n) is 3.96. The minimum absolute atomic E-state index is 0.0000708. The van der Waals surface area contributed by atoms with Crippen molar-refractivity contribution in [1.82, 2.24) is 4.90 Å². The lowest BCUT2D eigenvalue weighted by Gasteiger charge is -2.46. The molecule has 0 N–H and O–H groups in total. The molecule has 8 heteroatoms. The van der Waals surface area contributed by atoms with Crippen LogP contribution in [0.15, 0.2) is 24.3 Å². The molecule has 0 spiro atoms. The first-order valence-electron chi connectivity index (χ1n) is 11.6. The second-order valence-electron chi connectivity index (χ2n) is 11.7. The average Bonchev–Trinajstić information content (AvgIpc) is 2.64. The van der Waals surface area contributed by atoms with Crippen molar-refractivity contribution in [3.05, 3.63) is 35.4 Å². The molecule has 1 amide bonds. The number of amides is 1. The highest BCUT2D eigenvalue weighted by molar-refractivity contribution is 6.74. The molecule has 3 atom stereocenters. The molecule has 0 radical (unpaired) electrons. The van der Waals surface area contributed by atoms with Crippen molar-refractivity contribution in [2.45, 2.75) is 109 Å². The number of likely N-dealkylation sites (N-methyl/N-ethyl adjacent to an activating group) is 1. The van der Waals surface area contributed by atoms with Crippen LogP contribution in [0.3, 0.4) is 0 Å². The van der Waals surface area contributed by atoms with E-state index in [1.807, 2.05) is 20.8 Å². The number of halogens is 3. The van der Waals surface area contributed by atoms with Gasteiger partial charge in [0.15, 0.2) is 8.32 Å². The topological polar surface area (TPSA) is 38.8 Å². The molecule has 0 aliphatic heterocycles. The van der Waals surface area contributed by atoms with E-state index < -0.39 is 31.8 Å². The summed E-state index contributed by atoms with van der Waals surface area (Å²) in [5.41, 5.74) is -0.633. The van der Waals surface area contributed by atoms with Gasteiger partial charge in [-0.05, 0) is 75.7 Å². The molecular weight excluding hydrogens is 447 g/mol.